The number of rotatable bonds is 6. The molecule has 1 saturated heterocycles. The predicted octanol–water partition coefficient (Wildman–Crippen LogP) is 0.235. The fourth-order valence-electron chi connectivity index (χ4n) is 3.18. The highest BCUT2D eigenvalue weighted by atomic mass is 16.5. The first-order chi connectivity index (χ1) is 11.1. The van der Waals surface area contributed by atoms with Crippen molar-refractivity contribution in [1.82, 2.24) is 5.32 Å². The van der Waals surface area contributed by atoms with E-state index in [1.165, 1.54) is 16.2 Å². The Kier molecular flexibility index (Phi) is 5.18. The molecule has 2 N–H and O–H groups in total. The van der Waals surface area contributed by atoms with Gasteiger partial charge in [0.25, 0.3) is 0 Å². The number of hydrogen-bond acceptors (Lipinski definition) is 3. The molecule has 0 unspecified atom stereocenters. The van der Waals surface area contributed by atoms with Crippen LogP contribution in [-0.2, 0) is 9.53 Å². The summed E-state index contributed by atoms with van der Waals surface area (Å²) in [5, 5.41) is 3.17. The van der Waals surface area contributed by atoms with Crippen LogP contribution in [0.2, 0.25) is 0 Å². The Labute approximate surface area is 138 Å². The minimum absolute atomic E-state index is 0.229. The van der Waals surface area contributed by atoms with Crippen LogP contribution in [0.15, 0.2) is 24.3 Å². The molecule has 1 aliphatic heterocycles. The lowest BCUT2D eigenvalue weighted by molar-refractivity contribution is -0.937. The quantitative estimate of drug-likeness (QED) is 0.790. The molecule has 1 aliphatic carbocycles. The van der Waals surface area contributed by atoms with Crippen LogP contribution >= 0.6 is 0 Å². The van der Waals surface area contributed by atoms with Crippen molar-refractivity contribution in [2.45, 2.75) is 18.9 Å². The van der Waals surface area contributed by atoms with Crippen molar-refractivity contribution in [2.24, 2.45) is 5.92 Å². The molecular formula is C18H28N3O2+. The van der Waals surface area contributed by atoms with Gasteiger partial charge in [-0.05, 0) is 25.0 Å². The Hall–Kier alpha value is -1.59. The maximum absolute atomic E-state index is 12.0. The third-order valence-corrected chi connectivity index (χ3v) is 4.87. The van der Waals surface area contributed by atoms with Crippen molar-refractivity contribution in [3.8, 4) is 0 Å². The average Bonchev–Trinajstić information content (AvgIpc) is 3.41. The molecule has 0 bridgehead atoms. The van der Waals surface area contributed by atoms with Gasteiger partial charge in [-0.3, -0.25) is 4.79 Å². The number of hydrogen-bond donors (Lipinski definition) is 2. The Morgan fingerprint density at radius 1 is 1.26 bits per heavy atom. The number of morpholine rings is 1. The highest BCUT2D eigenvalue weighted by Crippen LogP contribution is 2.28. The Morgan fingerprint density at radius 3 is 2.48 bits per heavy atom. The first-order valence-electron chi connectivity index (χ1n) is 8.62. The molecule has 2 fully saturated rings. The second-order valence-corrected chi connectivity index (χ2v) is 6.83. The lowest BCUT2D eigenvalue weighted by atomic mass is 10.0. The van der Waals surface area contributed by atoms with E-state index in [1.54, 1.807) is 0 Å². The lowest BCUT2D eigenvalue weighted by Gasteiger charge is -2.32. The molecule has 0 aromatic heterocycles. The van der Waals surface area contributed by atoms with E-state index in [-0.39, 0.29) is 11.8 Å². The van der Waals surface area contributed by atoms with Crippen molar-refractivity contribution in [3.63, 3.8) is 0 Å². The standard InChI is InChI=1S/C18H27N3O2/c1-20(2)16-7-5-14(6-8-16)17(21-9-11-23-12-10-21)13-19-18(22)15-3-4-15/h5-8,15,17H,3-4,9-13H2,1-2H3,(H,19,22)/p+1/t17-/m0/s1. The SMILES string of the molecule is CN(C)c1ccc([C@H](CNC(=O)C2CC2)[NH+]2CCOCC2)cc1. The summed E-state index contributed by atoms with van der Waals surface area (Å²) in [6.07, 6.45) is 2.11. The molecule has 1 heterocycles. The Balaban J connectivity index is 1.71. The van der Waals surface area contributed by atoms with E-state index in [0.29, 0.717) is 12.6 Å². The molecule has 1 saturated carbocycles. The molecule has 2 aliphatic rings. The van der Waals surface area contributed by atoms with Crippen LogP contribution in [0.25, 0.3) is 0 Å². The molecule has 3 rings (SSSR count). The molecule has 5 nitrogen and oxygen atoms in total. The van der Waals surface area contributed by atoms with Crippen molar-refractivity contribution >= 4 is 11.6 Å². The van der Waals surface area contributed by atoms with Crippen LogP contribution in [0.5, 0.6) is 0 Å². The number of amides is 1. The predicted molar refractivity (Wildman–Crippen MR) is 90.8 cm³/mol. The van der Waals surface area contributed by atoms with Gasteiger partial charge in [0.05, 0.1) is 19.8 Å². The molecule has 23 heavy (non-hydrogen) atoms. The highest BCUT2D eigenvalue weighted by molar-refractivity contribution is 5.80. The fraction of sp³-hybridized carbons (Fsp3) is 0.611. The number of nitrogens with one attached hydrogen (secondary N) is 2. The van der Waals surface area contributed by atoms with Gasteiger partial charge in [-0.15, -0.1) is 0 Å². The van der Waals surface area contributed by atoms with Gasteiger partial charge in [0, 0.05) is 31.3 Å². The summed E-state index contributed by atoms with van der Waals surface area (Å²) in [5.41, 5.74) is 2.50. The monoisotopic (exact) mass is 318 g/mol. The maximum Gasteiger partial charge on any atom is 0.223 e. The Bertz CT molecular complexity index is 520. The van der Waals surface area contributed by atoms with E-state index < -0.39 is 0 Å². The third-order valence-electron chi connectivity index (χ3n) is 4.87. The highest BCUT2D eigenvalue weighted by Gasteiger charge is 2.32. The summed E-state index contributed by atoms with van der Waals surface area (Å²) in [6.45, 7) is 4.32. The summed E-state index contributed by atoms with van der Waals surface area (Å²) in [5.74, 6) is 0.499. The van der Waals surface area contributed by atoms with E-state index in [2.05, 4.69) is 48.6 Å². The van der Waals surface area contributed by atoms with Crippen LogP contribution in [0.1, 0.15) is 24.4 Å². The second-order valence-electron chi connectivity index (χ2n) is 6.83. The van der Waals surface area contributed by atoms with Crippen molar-refractivity contribution in [1.29, 1.82) is 0 Å². The number of anilines is 1. The molecule has 1 atom stereocenters. The largest absolute Gasteiger partial charge is 0.378 e. The minimum atomic E-state index is 0.229. The zero-order valence-electron chi connectivity index (χ0n) is 14.2. The molecule has 5 heteroatoms. The van der Waals surface area contributed by atoms with Crippen LogP contribution in [0.4, 0.5) is 5.69 Å². The third kappa shape index (κ3) is 4.24. The van der Waals surface area contributed by atoms with Gasteiger partial charge < -0.3 is 19.9 Å². The van der Waals surface area contributed by atoms with Crippen LogP contribution < -0.4 is 15.1 Å². The van der Waals surface area contributed by atoms with Crippen LogP contribution in [0, 0.1) is 5.92 Å². The zero-order chi connectivity index (χ0) is 16.2. The molecule has 1 aromatic carbocycles. The summed E-state index contributed by atoms with van der Waals surface area (Å²) >= 11 is 0. The Morgan fingerprint density at radius 2 is 1.91 bits per heavy atom. The zero-order valence-corrected chi connectivity index (χ0v) is 14.2. The van der Waals surface area contributed by atoms with E-state index in [1.807, 2.05) is 0 Å². The average molecular weight is 318 g/mol. The summed E-state index contributed by atoms with van der Waals surface area (Å²) < 4.78 is 5.50. The van der Waals surface area contributed by atoms with Crippen LogP contribution in [-0.4, -0.2) is 52.9 Å². The minimum Gasteiger partial charge on any atom is -0.378 e. The van der Waals surface area contributed by atoms with Crippen molar-refractivity contribution in [2.75, 3.05) is 51.8 Å². The van der Waals surface area contributed by atoms with Gasteiger partial charge >= 0.3 is 0 Å². The number of ether oxygens (including phenoxy) is 1. The van der Waals surface area contributed by atoms with Gasteiger partial charge in [0.15, 0.2) is 0 Å². The van der Waals surface area contributed by atoms with Crippen LogP contribution in [0.3, 0.4) is 0 Å². The summed E-state index contributed by atoms with van der Waals surface area (Å²) in [7, 11) is 4.10. The molecule has 126 valence electrons. The van der Waals surface area contributed by atoms with Crippen molar-refractivity contribution in [3.05, 3.63) is 29.8 Å². The molecule has 1 amide bonds. The second kappa shape index (κ2) is 7.32. The number of benzene rings is 1. The van der Waals surface area contributed by atoms with E-state index >= 15 is 0 Å². The first-order valence-corrected chi connectivity index (χ1v) is 8.62. The van der Waals surface area contributed by atoms with Gasteiger partial charge in [-0.1, -0.05) is 12.1 Å². The van der Waals surface area contributed by atoms with Gasteiger partial charge in [-0.25, -0.2) is 0 Å². The fourth-order valence-corrected chi connectivity index (χ4v) is 3.18. The maximum atomic E-state index is 12.0. The lowest BCUT2D eigenvalue weighted by Crippen LogP contribution is -3.15. The molecule has 1 aromatic rings. The number of carbonyl (C=O) groups is 1. The van der Waals surface area contributed by atoms with Gasteiger partial charge in [0.1, 0.15) is 19.1 Å². The van der Waals surface area contributed by atoms with Gasteiger partial charge in [0.2, 0.25) is 5.91 Å². The molecule has 0 spiro atoms. The first kappa shape index (κ1) is 16.3. The van der Waals surface area contributed by atoms with E-state index in [4.69, 9.17) is 4.74 Å². The summed E-state index contributed by atoms with van der Waals surface area (Å²) in [4.78, 5) is 15.6. The number of nitrogens with zero attached hydrogens (tertiary/aromatic N) is 1. The summed E-state index contributed by atoms with van der Waals surface area (Å²) in [6, 6.07) is 9.02. The normalized spacial score (nSPS) is 20.1. The number of quaternary nitrogens is 1. The van der Waals surface area contributed by atoms with E-state index in [9.17, 15) is 4.79 Å². The topological polar surface area (TPSA) is 46.0 Å². The molecular weight excluding hydrogens is 290 g/mol. The smallest absolute Gasteiger partial charge is 0.223 e. The van der Waals surface area contributed by atoms with E-state index in [0.717, 1.165) is 39.1 Å². The molecule has 0 radical (unpaired) electrons. The van der Waals surface area contributed by atoms with Crippen molar-refractivity contribution < 1.29 is 14.4 Å². The van der Waals surface area contributed by atoms with Gasteiger partial charge in [-0.2, -0.15) is 0 Å². The number of carbonyl (C=O) groups excluding carboxylic acids is 1.